The Hall–Kier alpha value is -6.07. The molecule has 228 valence electrons. The maximum Gasteiger partial charge on any atom is 0.164 e. The molecule has 0 spiro atoms. The van der Waals surface area contributed by atoms with E-state index >= 15 is 0 Å². The third-order valence-corrected chi connectivity index (χ3v) is 9.28. The summed E-state index contributed by atoms with van der Waals surface area (Å²) in [5.41, 5.74) is 10.6. The molecule has 0 atom stereocenters. The van der Waals surface area contributed by atoms with Gasteiger partial charge in [-0.25, -0.2) is 24.9 Å². The monoisotopic (exact) mass is 617 g/mol. The van der Waals surface area contributed by atoms with E-state index in [0.717, 1.165) is 52.0 Å². The molecule has 0 N–H and O–H groups in total. The van der Waals surface area contributed by atoms with Gasteiger partial charge in [0.25, 0.3) is 0 Å². The summed E-state index contributed by atoms with van der Waals surface area (Å²) in [6.07, 6.45) is 2.11. The van der Waals surface area contributed by atoms with Crippen LogP contribution < -0.4 is 0 Å². The molecule has 0 radical (unpaired) electrons. The molecule has 8 aromatic rings. The lowest BCUT2D eigenvalue weighted by Gasteiger charge is -2.21. The van der Waals surface area contributed by atoms with Crippen molar-refractivity contribution < 1.29 is 0 Å². The standard InChI is InChI=1S/C43H31N5/c1-26-21-27(2)45-42(44-26)34-22-33(37-25-32-17-9-15-28-19-20-29-16-10-18-36(37)39(29)38(28)32)23-35(24-34)43-47-40(30-11-5-3-6-12-30)46-41(48-43)31-13-7-4-8-14-31/h3-18,21-25H,19-20H2,1-2H3. The Kier molecular flexibility index (Phi) is 6.64. The molecule has 6 aromatic carbocycles. The van der Waals surface area contributed by atoms with E-state index in [9.17, 15) is 0 Å². The molecule has 9 rings (SSSR count). The number of hydrogen-bond acceptors (Lipinski definition) is 5. The first-order valence-electron chi connectivity index (χ1n) is 16.4. The van der Waals surface area contributed by atoms with Crippen LogP contribution in [0.2, 0.25) is 0 Å². The Morgan fingerprint density at radius 1 is 0.396 bits per heavy atom. The van der Waals surface area contributed by atoms with Crippen LogP contribution in [0.15, 0.2) is 127 Å². The van der Waals surface area contributed by atoms with Crippen molar-refractivity contribution >= 4 is 21.5 Å². The van der Waals surface area contributed by atoms with E-state index in [2.05, 4.69) is 60.7 Å². The summed E-state index contributed by atoms with van der Waals surface area (Å²) in [6, 6.07) is 44.6. The van der Waals surface area contributed by atoms with Crippen LogP contribution in [0.5, 0.6) is 0 Å². The molecule has 0 amide bonds. The lowest BCUT2D eigenvalue weighted by Crippen LogP contribution is -2.02. The molecule has 1 aliphatic carbocycles. The molecular formula is C43H31N5. The molecule has 2 heterocycles. The Labute approximate surface area is 279 Å². The van der Waals surface area contributed by atoms with Gasteiger partial charge in [0.1, 0.15) is 0 Å². The van der Waals surface area contributed by atoms with E-state index in [4.69, 9.17) is 24.9 Å². The van der Waals surface area contributed by atoms with Gasteiger partial charge >= 0.3 is 0 Å². The van der Waals surface area contributed by atoms with E-state index < -0.39 is 0 Å². The first-order valence-corrected chi connectivity index (χ1v) is 16.4. The van der Waals surface area contributed by atoms with Gasteiger partial charge in [-0.05, 0) is 101 Å². The SMILES string of the molecule is Cc1cc(C)nc(-c2cc(-c3nc(-c4ccccc4)nc(-c4ccccc4)n3)cc(-c3cc4cccc5c4c4c(cccc34)CC5)c2)n1. The second kappa shape index (κ2) is 11.3. The van der Waals surface area contributed by atoms with Gasteiger partial charge in [-0.2, -0.15) is 0 Å². The van der Waals surface area contributed by atoms with Crippen LogP contribution in [0.3, 0.4) is 0 Å². The summed E-state index contributed by atoms with van der Waals surface area (Å²) in [5.74, 6) is 2.55. The maximum atomic E-state index is 5.09. The Balaban J connectivity index is 1.34. The minimum atomic E-state index is 0.601. The molecule has 2 aromatic heterocycles. The van der Waals surface area contributed by atoms with Crippen LogP contribution in [0.4, 0.5) is 0 Å². The predicted octanol–water partition coefficient (Wildman–Crippen LogP) is 10.0. The molecule has 48 heavy (non-hydrogen) atoms. The minimum absolute atomic E-state index is 0.601. The molecule has 0 aliphatic heterocycles. The van der Waals surface area contributed by atoms with Crippen LogP contribution in [0.1, 0.15) is 22.5 Å². The first kappa shape index (κ1) is 28.2. The van der Waals surface area contributed by atoms with Crippen LogP contribution in [0.25, 0.3) is 78.2 Å². The van der Waals surface area contributed by atoms with E-state index in [1.165, 1.54) is 38.2 Å². The number of benzene rings is 6. The predicted molar refractivity (Wildman–Crippen MR) is 194 cm³/mol. The smallest absolute Gasteiger partial charge is 0.164 e. The van der Waals surface area contributed by atoms with Crippen molar-refractivity contribution in [3.8, 4) is 56.7 Å². The third-order valence-electron chi connectivity index (χ3n) is 9.28. The van der Waals surface area contributed by atoms with Crippen molar-refractivity contribution in [2.75, 3.05) is 0 Å². The highest BCUT2D eigenvalue weighted by Crippen LogP contribution is 2.42. The molecule has 0 fully saturated rings. The van der Waals surface area contributed by atoms with E-state index in [1.54, 1.807) is 0 Å². The fraction of sp³-hybridized carbons (Fsp3) is 0.0930. The van der Waals surface area contributed by atoms with E-state index in [0.29, 0.717) is 23.3 Å². The topological polar surface area (TPSA) is 64.5 Å². The highest BCUT2D eigenvalue weighted by molar-refractivity contribution is 6.17. The molecule has 0 saturated heterocycles. The quantitative estimate of drug-likeness (QED) is 0.180. The van der Waals surface area contributed by atoms with Crippen molar-refractivity contribution in [3.05, 3.63) is 150 Å². The third kappa shape index (κ3) is 4.92. The fourth-order valence-corrected chi connectivity index (χ4v) is 7.16. The van der Waals surface area contributed by atoms with Gasteiger partial charge < -0.3 is 0 Å². The fourth-order valence-electron chi connectivity index (χ4n) is 7.16. The summed E-state index contributed by atoms with van der Waals surface area (Å²) in [7, 11) is 0. The highest BCUT2D eigenvalue weighted by atomic mass is 15.0. The largest absolute Gasteiger partial charge is 0.233 e. The lowest BCUT2D eigenvalue weighted by atomic mass is 9.83. The van der Waals surface area contributed by atoms with Crippen molar-refractivity contribution in [1.29, 1.82) is 0 Å². The van der Waals surface area contributed by atoms with Gasteiger partial charge in [-0.1, -0.05) is 97.1 Å². The number of rotatable bonds is 5. The summed E-state index contributed by atoms with van der Waals surface area (Å²) < 4.78 is 0. The molecule has 5 heteroatoms. The zero-order valence-electron chi connectivity index (χ0n) is 26.8. The number of hydrogen-bond donors (Lipinski definition) is 0. The van der Waals surface area contributed by atoms with Crippen LogP contribution >= 0.6 is 0 Å². The van der Waals surface area contributed by atoms with Gasteiger partial charge in [0.15, 0.2) is 23.3 Å². The lowest BCUT2D eigenvalue weighted by molar-refractivity contribution is 0.968. The molecular weight excluding hydrogens is 587 g/mol. The number of aromatic nitrogens is 5. The Morgan fingerprint density at radius 3 is 1.50 bits per heavy atom. The second-order valence-electron chi connectivity index (χ2n) is 12.6. The number of nitrogens with zero attached hydrogens (tertiary/aromatic N) is 5. The maximum absolute atomic E-state index is 5.09. The van der Waals surface area contributed by atoms with Crippen molar-refractivity contribution in [2.45, 2.75) is 26.7 Å². The Morgan fingerprint density at radius 2 is 0.896 bits per heavy atom. The van der Waals surface area contributed by atoms with Gasteiger partial charge in [-0.3, -0.25) is 0 Å². The molecule has 5 nitrogen and oxygen atoms in total. The average Bonchev–Trinajstić information content (AvgIpc) is 3.13. The van der Waals surface area contributed by atoms with Crippen LogP contribution in [-0.2, 0) is 12.8 Å². The zero-order valence-corrected chi connectivity index (χ0v) is 26.8. The average molecular weight is 618 g/mol. The summed E-state index contributed by atoms with van der Waals surface area (Å²) in [4.78, 5) is 24.9. The minimum Gasteiger partial charge on any atom is -0.233 e. The normalized spacial score (nSPS) is 12.2. The molecule has 0 bridgehead atoms. The van der Waals surface area contributed by atoms with Crippen LogP contribution in [-0.4, -0.2) is 24.9 Å². The summed E-state index contributed by atoms with van der Waals surface area (Å²) in [5, 5.41) is 5.25. The summed E-state index contributed by atoms with van der Waals surface area (Å²) in [6.45, 7) is 4.03. The van der Waals surface area contributed by atoms with Crippen molar-refractivity contribution in [3.63, 3.8) is 0 Å². The van der Waals surface area contributed by atoms with Gasteiger partial charge in [0.05, 0.1) is 0 Å². The zero-order chi connectivity index (χ0) is 32.2. The Bertz CT molecular complexity index is 2450. The first-order chi connectivity index (χ1) is 23.6. The van der Waals surface area contributed by atoms with E-state index in [1.807, 2.05) is 80.6 Å². The van der Waals surface area contributed by atoms with Gasteiger partial charge in [0.2, 0.25) is 0 Å². The van der Waals surface area contributed by atoms with Crippen molar-refractivity contribution in [1.82, 2.24) is 24.9 Å². The number of aryl methyl sites for hydroxylation is 4. The second-order valence-corrected chi connectivity index (χ2v) is 12.6. The van der Waals surface area contributed by atoms with E-state index in [-0.39, 0.29) is 0 Å². The van der Waals surface area contributed by atoms with Crippen LogP contribution in [0, 0.1) is 13.8 Å². The van der Waals surface area contributed by atoms with Gasteiger partial charge in [0, 0.05) is 33.6 Å². The molecule has 1 aliphatic rings. The summed E-state index contributed by atoms with van der Waals surface area (Å²) >= 11 is 0. The van der Waals surface area contributed by atoms with Gasteiger partial charge in [-0.15, -0.1) is 0 Å². The molecule has 0 saturated carbocycles. The molecule has 0 unspecified atom stereocenters. The highest BCUT2D eigenvalue weighted by Gasteiger charge is 2.20. The van der Waals surface area contributed by atoms with Crippen molar-refractivity contribution in [2.24, 2.45) is 0 Å².